The van der Waals surface area contributed by atoms with Gasteiger partial charge >= 0.3 is 0 Å². The molecule has 9 aromatic carbocycles. The summed E-state index contributed by atoms with van der Waals surface area (Å²) < 4.78 is 2.39. The molecular weight excluding hydrogens is 689 g/mol. The first-order valence-corrected chi connectivity index (χ1v) is 19.7. The minimum absolute atomic E-state index is 0.402. The van der Waals surface area contributed by atoms with E-state index in [1.165, 1.54) is 66.3 Å². The van der Waals surface area contributed by atoms with Crippen molar-refractivity contribution in [1.82, 2.24) is 4.57 Å². The number of aromatic nitrogens is 1. The molecule has 2 nitrogen and oxygen atoms in total. The predicted molar refractivity (Wildman–Crippen MR) is 238 cm³/mol. The summed E-state index contributed by atoms with van der Waals surface area (Å²) in [6, 6.07) is 84.1. The van der Waals surface area contributed by atoms with Gasteiger partial charge in [-0.05, 0) is 105 Å². The van der Waals surface area contributed by atoms with E-state index in [0.29, 0.717) is 0 Å². The Morgan fingerprint density at radius 1 is 0.333 bits per heavy atom. The van der Waals surface area contributed by atoms with Crippen molar-refractivity contribution in [3.8, 4) is 27.9 Å². The highest BCUT2D eigenvalue weighted by atomic mass is 15.1. The molecule has 1 aliphatic rings. The summed E-state index contributed by atoms with van der Waals surface area (Å²) in [7, 11) is 0. The van der Waals surface area contributed by atoms with Crippen molar-refractivity contribution in [3.63, 3.8) is 0 Å². The molecule has 0 bridgehead atoms. The molecule has 1 aliphatic carbocycles. The van der Waals surface area contributed by atoms with Gasteiger partial charge in [-0.15, -0.1) is 0 Å². The molecule has 0 atom stereocenters. The standard InChI is InChI=1S/C55H38N2/c1-5-17-41(18-6-1)55(42-19-7-2-8-20-42)51-27-15-13-25-47(51)50-37-40(31-36-52(50)55)39-29-32-45(33-30-39)56(43-21-9-3-10-22-43)46-34-35-49-48-26-14-16-28-53(48)57(54(49)38-46)44-23-11-4-12-24-44/h1-38H. The molecule has 0 saturated carbocycles. The van der Waals surface area contributed by atoms with Gasteiger partial charge in [0.25, 0.3) is 0 Å². The fourth-order valence-electron chi connectivity index (χ4n) is 9.41. The topological polar surface area (TPSA) is 8.17 Å². The fourth-order valence-corrected chi connectivity index (χ4v) is 9.41. The monoisotopic (exact) mass is 726 g/mol. The molecule has 0 amide bonds. The summed E-state index contributed by atoms with van der Waals surface area (Å²) in [5.74, 6) is 0. The second-order valence-corrected chi connectivity index (χ2v) is 14.9. The van der Waals surface area contributed by atoms with Crippen LogP contribution in [0.5, 0.6) is 0 Å². The molecular formula is C55H38N2. The molecule has 0 spiro atoms. The number of anilines is 3. The van der Waals surface area contributed by atoms with Crippen LogP contribution >= 0.6 is 0 Å². The molecule has 0 N–H and O–H groups in total. The van der Waals surface area contributed by atoms with Crippen LogP contribution in [0.1, 0.15) is 22.3 Å². The third kappa shape index (κ3) is 5.18. The van der Waals surface area contributed by atoms with Crippen molar-refractivity contribution in [3.05, 3.63) is 253 Å². The zero-order valence-corrected chi connectivity index (χ0v) is 31.3. The van der Waals surface area contributed by atoms with Gasteiger partial charge in [-0.3, -0.25) is 0 Å². The van der Waals surface area contributed by atoms with Crippen molar-refractivity contribution in [2.75, 3.05) is 4.90 Å². The van der Waals surface area contributed by atoms with Crippen molar-refractivity contribution in [2.24, 2.45) is 0 Å². The van der Waals surface area contributed by atoms with E-state index in [0.717, 1.165) is 22.7 Å². The normalized spacial score (nSPS) is 12.7. The van der Waals surface area contributed by atoms with Crippen LogP contribution in [0.2, 0.25) is 0 Å². The van der Waals surface area contributed by atoms with E-state index in [4.69, 9.17) is 0 Å². The average molecular weight is 727 g/mol. The van der Waals surface area contributed by atoms with Gasteiger partial charge in [0.05, 0.1) is 16.4 Å². The summed E-state index contributed by atoms with van der Waals surface area (Å²) >= 11 is 0. The van der Waals surface area contributed by atoms with E-state index in [2.05, 4.69) is 240 Å². The zero-order chi connectivity index (χ0) is 37.8. The Morgan fingerprint density at radius 3 is 1.58 bits per heavy atom. The lowest BCUT2D eigenvalue weighted by atomic mass is 9.67. The van der Waals surface area contributed by atoms with Gasteiger partial charge in [-0.25, -0.2) is 0 Å². The molecule has 10 aromatic rings. The number of nitrogens with zero attached hydrogens (tertiary/aromatic N) is 2. The summed E-state index contributed by atoms with van der Waals surface area (Å²) in [5.41, 5.74) is 16.6. The van der Waals surface area contributed by atoms with Gasteiger partial charge in [0.1, 0.15) is 0 Å². The highest BCUT2D eigenvalue weighted by molar-refractivity contribution is 6.10. The van der Waals surface area contributed by atoms with Crippen LogP contribution in [0.25, 0.3) is 49.7 Å². The first kappa shape index (κ1) is 33.0. The number of rotatable bonds is 7. The van der Waals surface area contributed by atoms with Crippen molar-refractivity contribution >= 4 is 38.9 Å². The Kier molecular flexibility index (Phi) is 7.75. The number of fused-ring (bicyclic) bond motifs is 6. The van der Waals surface area contributed by atoms with E-state index in [9.17, 15) is 0 Å². The minimum Gasteiger partial charge on any atom is -0.310 e. The van der Waals surface area contributed by atoms with Crippen LogP contribution in [0.3, 0.4) is 0 Å². The van der Waals surface area contributed by atoms with E-state index in [1.807, 2.05) is 0 Å². The number of hydrogen-bond donors (Lipinski definition) is 0. The van der Waals surface area contributed by atoms with E-state index in [1.54, 1.807) is 0 Å². The third-order valence-electron chi connectivity index (χ3n) is 11.9. The Morgan fingerprint density at radius 2 is 0.860 bits per heavy atom. The summed E-state index contributed by atoms with van der Waals surface area (Å²) in [4.78, 5) is 2.36. The maximum absolute atomic E-state index is 2.40. The Balaban J connectivity index is 1.03. The van der Waals surface area contributed by atoms with Crippen molar-refractivity contribution < 1.29 is 0 Å². The number of para-hydroxylation sites is 3. The quantitative estimate of drug-likeness (QED) is 0.159. The van der Waals surface area contributed by atoms with E-state index < -0.39 is 5.41 Å². The summed E-state index contributed by atoms with van der Waals surface area (Å²) in [6.45, 7) is 0. The van der Waals surface area contributed by atoms with Crippen LogP contribution in [0.15, 0.2) is 231 Å². The molecule has 0 saturated heterocycles. The molecule has 0 radical (unpaired) electrons. The van der Waals surface area contributed by atoms with Gasteiger partial charge in [0, 0.05) is 33.5 Å². The van der Waals surface area contributed by atoms with Crippen LogP contribution in [0.4, 0.5) is 17.1 Å². The Bertz CT molecular complexity index is 3000. The second kappa shape index (κ2) is 13.4. The molecule has 1 heterocycles. The lowest BCUT2D eigenvalue weighted by Gasteiger charge is -2.33. The SMILES string of the molecule is c1ccc(N(c2ccc(-c3ccc4c(c3)-c3ccccc3C4(c3ccccc3)c3ccccc3)cc2)c2ccc3c4ccccc4n(-c4ccccc4)c3c2)cc1. The van der Waals surface area contributed by atoms with Crippen molar-refractivity contribution in [1.29, 1.82) is 0 Å². The van der Waals surface area contributed by atoms with Gasteiger partial charge in [-0.1, -0.05) is 170 Å². The number of hydrogen-bond acceptors (Lipinski definition) is 1. The maximum Gasteiger partial charge on any atom is 0.0713 e. The molecule has 11 rings (SSSR count). The maximum atomic E-state index is 2.40. The highest BCUT2D eigenvalue weighted by Crippen LogP contribution is 2.56. The minimum atomic E-state index is -0.402. The van der Waals surface area contributed by atoms with Gasteiger partial charge in [-0.2, -0.15) is 0 Å². The van der Waals surface area contributed by atoms with E-state index in [-0.39, 0.29) is 0 Å². The lowest BCUT2D eigenvalue weighted by Crippen LogP contribution is -2.28. The second-order valence-electron chi connectivity index (χ2n) is 14.9. The molecule has 0 aliphatic heterocycles. The van der Waals surface area contributed by atoms with Crippen molar-refractivity contribution in [2.45, 2.75) is 5.41 Å². The highest BCUT2D eigenvalue weighted by Gasteiger charge is 2.45. The van der Waals surface area contributed by atoms with Crippen LogP contribution in [-0.4, -0.2) is 4.57 Å². The average Bonchev–Trinajstić information content (AvgIpc) is 3.78. The summed E-state index contributed by atoms with van der Waals surface area (Å²) in [6.07, 6.45) is 0. The molecule has 57 heavy (non-hydrogen) atoms. The smallest absolute Gasteiger partial charge is 0.0713 e. The first-order valence-electron chi connectivity index (χ1n) is 19.7. The summed E-state index contributed by atoms with van der Waals surface area (Å²) in [5, 5.41) is 2.49. The van der Waals surface area contributed by atoms with Gasteiger partial charge in [0.2, 0.25) is 0 Å². The van der Waals surface area contributed by atoms with Crippen LogP contribution in [-0.2, 0) is 5.41 Å². The number of benzene rings is 9. The fraction of sp³-hybridized carbons (Fsp3) is 0.0182. The van der Waals surface area contributed by atoms with Gasteiger partial charge in [0.15, 0.2) is 0 Å². The molecule has 1 aromatic heterocycles. The van der Waals surface area contributed by atoms with Crippen LogP contribution < -0.4 is 4.90 Å². The Labute approximate surface area is 333 Å². The largest absolute Gasteiger partial charge is 0.310 e. The lowest BCUT2D eigenvalue weighted by molar-refractivity contribution is 0.768. The van der Waals surface area contributed by atoms with Crippen LogP contribution in [0, 0.1) is 0 Å². The molecule has 0 unspecified atom stereocenters. The molecule has 2 heteroatoms. The van der Waals surface area contributed by atoms with E-state index >= 15 is 0 Å². The zero-order valence-electron chi connectivity index (χ0n) is 31.3. The first-order chi connectivity index (χ1) is 28.3. The molecule has 0 fully saturated rings. The van der Waals surface area contributed by atoms with Gasteiger partial charge < -0.3 is 9.47 Å². The Hall–Kier alpha value is -7.42. The predicted octanol–water partition coefficient (Wildman–Crippen LogP) is 14.3. The third-order valence-corrected chi connectivity index (χ3v) is 11.9. The molecule has 268 valence electrons.